The van der Waals surface area contributed by atoms with Crippen molar-refractivity contribution in [2.45, 2.75) is 44.4 Å². The number of amides is 1. The van der Waals surface area contributed by atoms with E-state index in [0.717, 1.165) is 12.0 Å². The van der Waals surface area contributed by atoms with Crippen LogP contribution in [-0.2, 0) is 14.4 Å². The second kappa shape index (κ2) is 7.72. The molecule has 3 atom stereocenters. The largest absolute Gasteiger partial charge is 0.493 e. The highest BCUT2D eigenvalue weighted by Gasteiger charge is 2.45. The van der Waals surface area contributed by atoms with E-state index in [1.807, 2.05) is 30.3 Å². The SMILES string of the molecule is C/C(=C\c1ccccc1)C1CC1NC1CCN(OC(=O)C(F)(F)F)C(=O)C1. The number of hydroxylamine groups is 2. The molecule has 1 heterocycles. The number of rotatable bonds is 5. The Kier molecular flexibility index (Phi) is 5.55. The molecule has 146 valence electrons. The quantitative estimate of drug-likeness (QED) is 0.850. The van der Waals surface area contributed by atoms with Crippen LogP contribution in [0.15, 0.2) is 35.9 Å². The molecular formula is C19H21F3N2O3. The van der Waals surface area contributed by atoms with Gasteiger partial charge in [0.2, 0.25) is 0 Å². The number of benzene rings is 1. The molecule has 2 aliphatic rings. The van der Waals surface area contributed by atoms with E-state index < -0.39 is 18.1 Å². The van der Waals surface area contributed by atoms with Crippen molar-refractivity contribution >= 4 is 18.0 Å². The highest BCUT2D eigenvalue weighted by atomic mass is 19.4. The van der Waals surface area contributed by atoms with Crippen LogP contribution in [0.2, 0.25) is 0 Å². The van der Waals surface area contributed by atoms with E-state index in [0.29, 0.717) is 17.4 Å². The Morgan fingerprint density at radius 3 is 2.63 bits per heavy atom. The molecule has 1 N–H and O–H groups in total. The fraction of sp³-hybridized carbons (Fsp3) is 0.474. The van der Waals surface area contributed by atoms with E-state index in [1.54, 1.807) is 0 Å². The van der Waals surface area contributed by atoms with Crippen LogP contribution < -0.4 is 5.32 Å². The molecule has 0 aromatic heterocycles. The maximum Gasteiger partial charge on any atom is 0.493 e. The number of hydrogen-bond donors (Lipinski definition) is 1. The van der Waals surface area contributed by atoms with Gasteiger partial charge in [-0.2, -0.15) is 18.2 Å². The number of carbonyl (C=O) groups excluding carboxylic acids is 2. The summed E-state index contributed by atoms with van der Waals surface area (Å²) in [5.41, 5.74) is 2.39. The summed E-state index contributed by atoms with van der Waals surface area (Å²) in [6.45, 7) is 2.03. The minimum atomic E-state index is -5.11. The van der Waals surface area contributed by atoms with E-state index in [2.05, 4.69) is 23.2 Å². The third-order valence-corrected chi connectivity index (χ3v) is 4.82. The van der Waals surface area contributed by atoms with Crippen LogP contribution in [0.5, 0.6) is 0 Å². The number of hydrogen-bond acceptors (Lipinski definition) is 4. The van der Waals surface area contributed by atoms with Crippen LogP contribution in [0.1, 0.15) is 31.7 Å². The number of halogens is 3. The first-order chi connectivity index (χ1) is 12.7. The number of alkyl halides is 3. The Morgan fingerprint density at radius 1 is 1.30 bits per heavy atom. The number of nitrogens with zero attached hydrogens (tertiary/aromatic N) is 1. The van der Waals surface area contributed by atoms with Gasteiger partial charge in [0, 0.05) is 18.5 Å². The van der Waals surface area contributed by atoms with Gasteiger partial charge in [0.15, 0.2) is 0 Å². The standard InChI is InChI=1S/C19H21F3N2O3/c1-12(9-13-5-3-2-4-6-13)15-11-16(15)23-14-7-8-24(17(25)10-14)27-18(26)19(20,21)22/h2-6,9,14-16,23H,7-8,10-11H2,1H3/b12-9+. The highest BCUT2D eigenvalue weighted by molar-refractivity contribution is 5.81. The molecule has 1 saturated heterocycles. The van der Waals surface area contributed by atoms with E-state index in [9.17, 15) is 22.8 Å². The molecule has 0 spiro atoms. The summed E-state index contributed by atoms with van der Waals surface area (Å²) in [5, 5.41) is 3.91. The number of carbonyl (C=O) groups is 2. The maximum atomic E-state index is 12.2. The Morgan fingerprint density at radius 2 is 2.00 bits per heavy atom. The van der Waals surface area contributed by atoms with Gasteiger partial charge in [-0.3, -0.25) is 4.79 Å². The minimum absolute atomic E-state index is 0.00973. The average Bonchev–Trinajstić information content (AvgIpc) is 3.36. The Labute approximate surface area is 155 Å². The normalized spacial score (nSPS) is 26.1. The maximum absolute atomic E-state index is 12.2. The lowest BCUT2D eigenvalue weighted by molar-refractivity contribution is -0.239. The van der Waals surface area contributed by atoms with Gasteiger partial charge in [-0.1, -0.05) is 42.0 Å². The van der Waals surface area contributed by atoms with Crippen molar-refractivity contribution in [2.24, 2.45) is 5.92 Å². The molecule has 3 unspecified atom stereocenters. The molecule has 5 nitrogen and oxygen atoms in total. The van der Waals surface area contributed by atoms with Crippen LogP contribution >= 0.6 is 0 Å². The summed E-state index contributed by atoms with van der Waals surface area (Å²) >= 11 is 0. The number of nitrogens with one attached hydrogen (secondary N) is 1. The highest BCUT2D eigenvalue weighted by Crippen LogP contribution is 2.38. The summed E-state index contributed by atoms with van der Waals surface area (Å²) < 4.78 is 36.7. The van der Waals surface area contributed by atoms with Gasteiger partial charge in [0.25, 0.3) is 5.91 Å². The number of piperidine rings is 1. The minimum Gasteiger partial charge on any atom is -0.330 e. The van der Waals surface area contributed by atoms with E-state index in [4.69, 9.17) is 0 Å². The fourth-order valence-corrected chi connectivity index (χ4v) is 3.31. The summed E-state index contributed by atoms with van der Waals surface area (Å²) in [5.74, 6) is -2.60. The summed E-state index contributed by atoms with van der Waals surface area (Å²) in [6.07, 6.45) is -1.57. The predicted molar refractivity (Wildman–Crippen MR) is 92.0 cm³/mol. The van der Waals surface area contributed by atoms with E-state index in [-0.39, 0.29) is 25.0 Å². The van der Waals surface area contributed by atoms with E-state index in [1.165, 1.54) is 5.57 Å². The lowest BCUT2D eigenvalue weighted by atomic mass is 10.0. The first kappa shape index (κ1) is 19.4. The van der Waals surface area contributed by atoms with Gasteiger partial charge < -0.3 is 10.2 Å². The Hall–Kier alpha value is -2.35. The van der Waals surface area contributed by atoms with Crippen LogP contribution in [-0.4, -0.2) is 41.7 Å². The summed E-state index contributed by atoms with van der Waals surface area (Å²) in [6, 6.07) is 10.1. The molecule has 1 aliphatic carbocycles. The Balaban J connectivity index is 1.47. The first-order valence-corrected chi connectivity index (χ1v) is 8.83. The Bertz CT molecular complexity index is 733. The zero-order valence-corrected chi connectivity index (χ0v) is 14.8. The average molecular weight is 382 g/mol. The van der Waals surface area contributed by atoms with Gasteiger partial charge in [-0.05, 0) is 31.2 Å². The van der Waals surface area contributed by atoms with Crippen molar-refractivity contribution in [1.29, 1.82) is 0 Å². The topological polar surface area (TPSA) is 58.6 Å². The fourth-order valence-electron chi connectivity index (χ4n) is 3.31. The molecular weight excluding hydrogens is 361 g/mol. The first-order valence-electron chi connectivity index (χ1n) is 8.83. The van der Waals surface area contributed by atoms with Crippen LogP contribution in [0, 0.1) is 5.92 Å². The zero-order valence-electron chi connectivity index (χ0n) is 14.8. The van der Waals surface area contributed by atoms with Crippen LogP contribution in [0.4, 0.5) is 13.2 Å². The molecule has 0 radical (unpaired) electrons. The lowest BCUT2D eigenvalue weighted by Crippen LogP contribution is -2.48. The molecule has 1 aromatic carbocycles. The summed E-state index contributed by atoms with van der Waals surface area (Å²) in [4.78, 5) is 27.0. The van der Waals surface area contributed by atoms with Crippen LogP contribution in [0.3, 0.4) is 0 Å². The molecule has 3 rings (SSSR count). The third kappa shape index (κ3) is 5.09. The monoisotopic (exact) mass is 382 g/mol. The lowest BCUT2D eigenvalue weighted by Gasteiger charge is -2.30. The molecule has 1 aliphatic heterocycles. The van der Waals surface area contributed by atoms with Gasteiger partial charge in [0.05, 0.1) is 6.54 Å². The predicted octanol–water partition coefficient (Wildman–Crippen LogP) is 3.08. The van der Waals surface area contributed by atoms with Gasteiger partial charge in [-0.15, -0.1) is 0 Å². The van der Waals surface area contributed by atoms with Crippen molar-refractivity contribution in [2.75, 3.05) is 6.54 Å². The smallest absolute Gasteiger partial charge is 0.330 e. The molecule has 0 bridgehead atoms. The second-order valence-corrected chi connectivity index (χ2v) is 6.98. The van der Waals surface area contributed by atoms with Crippen molar-refractivity contribution in [3.05, 3.63) is 41.5 Å². The van der Waals surface area contributed by atoms with Gasteiger partial charge >= 0.3 is 12.1 Å². The molecule has 1 saturated carbocycles. The van der Waals surface area contributed by atoms with Gasteiger partial charge in [-0.25, -0.2) is 4.79 Å². The molecule has 27 heavy (non-hydrogen) atoms. The summed E-state index contributed by atoms with van der Waals surface area (Å²) in [7, 11) is 0. The van der Waals surface area contributed by atoms with Gasteiger partial charge in [0.1, 0.15) is 0 Å². The molecule has 1 amide bonds. The van der Waals surface area contributed by atoms with Crippen molar-refractivity contribution in [1.82, 2.24) is 10.4 Å². The zero-order chi connectivity index (χ0) is 19.6. The third-order valence-electron chi connectivity index (χ3n) is 4.82. The van der Waals surface area contributed by atoms with Crippen molar-refractivity contribution < 1.29 is 27.6 Å². The second-order valence-electron chi connectivity index (χ2n) is 6.98. The van der Waals surface area contributed by atoms with Crippen LogP contribution in [0.25, 0.3) is 6.08 Å². The molecule has 2 fully saturated rings. The molecule has 1 aromatic rings. The molecule has 8 heteroatoms. The van der Waals surface area contributed by atoms with E-state index >= 15 is 0 Å². The van der Waals surface area contributed by atoms with Crippen molar-refractivity contribution in [3.63, 3.8) is 0 Å². The van der Waals surface area contributed by atoms with Crippen molar-refractivity contribution in [3.8, 4) is 0 Å².